The van der Waals surface area contributed by atoms with E-state index in [1.54, 1.807) is 0 Å². The highest BCUT2D eigenvalue weighted by Gasteiger charge is 2.08. The van der Waals surface area contributed by atoms with Crippen molar-refractivity contribution in [2.24, 2.45) is 0 Å². The summed E-state index contributed by atoms with van der Waals surface area (Å²) in [4.78, 5) is 5.15. The number of hydrogen-bond acceptors (Lipinski definition) is 2. The minimum Gasteiger partial charge on any atom is -0.303 e. The first-order valence-corrected chi connectivity index (χ1v) is 8.31. The third-order valence-electron chi connectivity index (χ3n) is 4.02. The van der Waals surface area contributed by atoms with E-state index < -0.39 is 0 Å². The van der Waals surface area contributed by atoms with E-state index in [0.717, 1.165) is 0 Å². The molecule has 0 atom stereocenters. The molecule has 0 radical (unpaired) electrons. The zero-order valence-electron chi connectivity index (χ0n) is 12.8. The van der Waals surface area contributed by atoms with Crippen LogP contribution in [0.1, 0.15) is 65.2 Å². The number of unbranched alkanes of at least 4 members (excludes halogenated alkanes) is 1. The first-order chi connectivity index (χ1) is 8.86. The summed E-state index contributed by atoms with van der Waals surface area (Å²) < 4.78 is 0. The smallest absolute Gasteiger partial charge is 0.00183 e. The van der Waals surface area contributed by atoms with Gasteiger partial charge in [0.1, 0.15) is 0 Å². The van der Waals surface area contributed by atoms with E-state index in [1.165, 1.54) is 90.6 Å². The Morgan fingerprint density at radius 3 is 1.61 bits per heavy atom. The van der Waals surface area contributed by atoms with Crippen LogP contribution in [0.4, 0.5) is 0 Å². The average Bonchev–Trinajstić information content (AvgIpc) is 2.92. The Kier molecular flexibility index (Phi) is 9.59. The molecule has 0 aliphatic carbocycles. The Balaban J connectivity index is 0.000000184. The highest BCUT2D eigenvalue weighted by Crippen LogP contribution is 2.09. The summed E-state index contributed by atoms with van der Waals surface area (Å²) in [5, 5.41) is 0. The molecule has 2 saturated heterocycles. The van der Waals surface area contributed by atoms with Crippen molar-refractivity contribution >= 4 is 0 Å². The molecule has 2 rings (SSSR count). The fraction of sp³-hybridized carbons (Fsp3) is 1.00. The second-order valence-electron chi connectivity index (χ2n) is 5.80. The molecule has 2 heteroatoms. The van der Waals surface area contributed by atoms with E-state index in [2.05, 4.69) is 23.6 Å². The molecular formula is C16H34N2. The molecule has 0 unspecified atom stereocenters. The number of hydrogen-bond donors (Lipinski definition) is 0. The largest absolute Gasteiger partial charge is 0.303 e. The molecule has 0 bridgehead atoms. The van der Waals surface area contributed by atoms with Crippen LogP contribution in [-0.2, 0) is 0 Å². The normalized spacial score (nSPS) is 21.7. The molecular weight excluding hydrogens is 220 g/mol. The van der Waals surface area contributed by atoms with Gasteiger partial charge in [0.25, 0.3) is 0 Å². The second kappa shape index (κ2) is 10.8. The van der Waals surface area contributed by atoms with E-state index in [-0.39, 0.29) is 0 Å². The molecule has 108 valence electrons. The lowest BCUT2D eigenvalue weighted by atomic mass is 10.1. The molecule has 0 aromatic heterocycles. The van der Waals surface area contributed by atoms with Crippen molar-refractivity contribution in [1.29, 1.82) is 0 Å². The van der Waals surface area contributed by atoms with E-state index in [9.17, 15) is 0 Å². The Bertz CT molecular complexity index is 170. The highest BCUT2D eigenvalue weighted by atomic mass is 15.1. The first-order valence-electron chi connectivity index (χ1n) is 8.31. The Labute approximate surface area is 115 Å². The van der Waals surface area contributed by atoms with Crippen LogP contribution in [0.15, 0.2) is 0 Å². The minimum atomic E-state index is 1.32. The molecule has 0 saturated carbocycles. The molecule has 0 amide bonds. The molecule has 2 aliphatic heterocycles. The van der Waals surface area contributed by atoms with Crippen LogP contribution in [0.25, 0.3) is 0 Å². The van der Waals surface area contributed by atoms with Crippen LogP contribution in [0.3, 0.4) is 0 Å². The number of piperidine rings is 1. The Hall–Kier alpha value is -0.0800. The maximum atomic E-state index is 2.60. The monoisotopic (exact) mass is 254 g/mol. The molecule has 2 nitrogen and oxygen atoms in total. The first kappa shape index (κ1) is 16.0. The van der Waals surface area contributed by atoms with Crippen LogP contribution >= 0.6 is 0 Å². The van der Waals surface area contributed by atoms with Crippen molar-refractivity contribution < 1.29 is 0 Å². The van der Waals surface area contributed by atoms with Gasteiger partial charge in [-0.15, -0.1) is 0 Å². The van der Waals surface area contributed by atoms with Crippen LogP contribution in [-0.4, -0.2) is 49.1 Å². The van der Waals surface area contributed by atoms with Crippen LogP contribution in [0.5, 0.6) is 0 Å². The molecule has 2 fully saturated rings. The maximum Gasteiger partial charge on any atom is -0.00183 e. The van der Waals surface area contributed by atoms with Crippen LogP contribution in [0.2, 0.25) is 0 Å². The SMILES string of the molecule is CCCCN1CCCCC1.CCCN1CCCC1. The summed E-state index contributed by atoms with van der Waals surface area (Å²) in [6.45, 7) is 12.6. The maximum absolute atomic E-state index is 2.60. The number of likely N-dealkylation sites (tertiary alicyclic amines) is 2. The van der Waals surface area contributed by atoms with Gasteiger partial charge in [-0.05, 0) is 77.8 Å². The molecule has 18 heavy (non-hydrogen) atoms. The van der Waals surface area contributed by atoms with Gasteiger partial charge in [0.15, 0.2) is 0 Å². The summed E-state index contributed by atoms with van der Waals surface area (Å²) in [5.74, 6) is 0. The van der Waals surface area contributed by atoms with Crippen molar-refractivity contribution in [3.63, 3.8) is 0 Å². The standard InChI is InChI=1S/C9H19N.C7H15N/c1-2-3-7-10-8-5-4-6-9-10;1-2-5-8-6-3-4-7-8/h2-9H2,1H3;2-7H2,1H3. The summed E-state index contributed by atoms with van der Waals surface area (Å²) in [5.41, 5.74) is 0. The summed E-state index contributed by atoms with van der Waals surface area (Å²) >= 11 is 0. The van der Waals surface area contributed by atoms with Gasteiger partial charge >= 0.3 is 0 Å². The lowest BCUT2D eigenvalue weighted by Gasteiger charge is -2.25. The highest BCUT2D eigenvalue weighted by molar-refractivity contribution is 4.64. The molecule has 2 heterocycles. The molecule has 0 aromatic rings. The van der Waals surface area contributed by atoms with Crippen molar-refractivity contribution in [3.8, 4) is 0 Å². The van der Waals surface area contributed by atoms with Gasteiger partial charge in [-0.25, -0.2) is 0 Å². The van der Waals surface area contributed by atoms with E-state index in [1.807, 2.05) is 0 Å². The number of nitrogens with zero attached hydrogens (tertiary/aromatic N) is 2. The molecule has 2 aliphatic rings. The van der Waals surface area contributed by atoms with E-state index >= 15 is 0 Å². The van der Waals surface area contributed by atoms with Crippen LogP contribution in [0, 0.1) is 0 Å². The van der Waals surface area contributed by atoms with Gasteiger partial charge < -0.3 is 9.80 Å². The van der Waals surface area contributed by atoms with Gasteiger partial charge in [0.05, 0.1) is 0 Å². The van der Waals surface area contributed by atoms with Gasteiger partial charge in [-0.3, -0.25) is 0 Å². The third kappa shape index (κ3) is 7.38. The zero-order chi connectivity index (χ0) is 13.1. The lowest BCUT2D eigenvalue weighted by Crippen LogP contribution is -2.30. The predicted molar refractivity (Wildman–Crippen MR) is 81.2 cm³/mol. The summed E-state index contributed by atoms with van der Waals surface area (Å²) in [7, 11) is 0. The van der Waals surface area contributed by atoms with Crippen molar-refractivity contribution in [2.75, 3.05) is 39.3 Å². The molecule has 0 N–H and O–H groups in total. The van der Waals surface area contributed by atoms with Gasteiger partial charge in [-0.2, -0.15) is 0 Å². The third-order valence-corrected chi connectivity index (χ3v) is 4.02. The van der Waals surface area contributed by atoms with Crippen molar-refractivity contribution in [1.82, 2.24) is 9.80 Å². The van der Waals surface area contributed by atoms with Gasteiger partial charge in [0, 0.05) is 0 Å². The van der Waals surface area contributed by atoms with E-state index in [0.29, 0.717) is 0 Å². The molecule has 0 aromatic carbocycles. The lowest BCUT2D eigenvalue weighted by molar-refractivity contribution is 0.226. The van der Waals surface area contributed by atoms with Crippen LogP contribution < -0.4 is 0 Å². The van der Waals surface area contributed by atoms with Crippen molar-refractivity contribution in [3.05, 3.63) is 0 Å². The summed E-state index contributed by atoms with van der Waals surface area (Å²) in [6.07, 6.45) is 11.2. The van der Waals surface area contributed by atoms with E-state index in [4.69, 9.17) is 0 Å². The fourth-order valence-electron chi connectivity index (χ4n) is 2.89. The fourth-order valence-corrected chi connectivity index (χ4v) is 2.89. The second-order valence-corrected chi connectivity index (χ2v) is 5.80. The topological polar surface area (TPSA) is 6.48 Å². The Morgan fingerprint density at radius 2 is 1.11 bits per heavy atom. The van der Waals surface area contributed by atoms with Gasteiger partial charge in [-0.1, -0.05) is 26.7 Å². The predicted octanol–water partition coefficient (Wildman–Crippen LogP) is 3.76. The average molecular weight is 254 g/mol. The van der Waals surface area contributed by atoms with Crippen molar-refractivity contribution in [2.45, 2.75) is 65.2 Å². The Morgan fingerprint density at radius 1 is 0.611 bits per heavy atom. The summed E-state index contributed by atoms with van der Waals surface area (Å²) in [6, 6.07) is 0. The minimum absolute atomic E-state index is 1.32. The number of rotatable bonds is 5. The molecule has 0 spiro atoms. The zero-order valence-corrected chi connectivity index (χ0v) is 12.8. The van der Waals surface area contributed by atoms with Gasteiger partial charge in [0.2, 0.25) is 0 Å². The quantitative estimate of drug-likeness (QED) is 0.737.